The van der Waals surface area contributed by atoms with Gasteiger partial charge < -0.3 is 20.4 Å². The van der Waals surface area contributed by atoms with Gasteiger partial charge in [0.1, 0.15) is 5.52 Å². The van der Waals surface area contributed by atoms with Crippen LogP contribution in [0.4, 0.5) is 5.82 Å². The van der Waals surface area contributed by atoms with Crippen molar-refractivity contribution in [2.24, 2.45) is 5.73 Å². The van der Waals surface area contributed by atoms with Crippen molar-refractivity contribution >= 4 is 28.7 Å². The van der Waals surface area contributed by atoms with Gasteiger partial charge in [-0.15, -0.1) is 0 Å². The van der Waals surface area contributed by atoms with Gasteiger partial charge in [0.25, 0.3) is 11.9 Å². The summed E-state index contributed by atoms with van der Waals surface area (Å²) < 4.78 is 7.18. The largest absolute Gasteiger partial charge is 0.445 e. The fourth-order valence-electron chi connectivity index (χ4n) is 3.57. The Bertz CT molecular complexity index is 1320. The van der Waals surface area contributed by atoms with Gasteiger partial charge in [-0.3, -0.25) is 9.59 Å². The van der Waals surface area contributed by atoms with Crippen molar-refractivity contribution in [1.82, 2.24) is 25.1 Å². The highest BCUT2D eigenvalue weighted by Crippen LogP contribution is 2.29. The number of carbonyl (C=O) groups excluding carboxylic acids is 2. The molecule has 4 aromatic rings. The first-order chi connectivity index (χ1) is 15.0. The van der Waals surface area contributed by atoms with E-state index in [2.05, 4.69) is 26.4 Å². The third-order valence-electron chi connectivity index (χ3n) is 5.06. The molecule has 0 atom stereocenters. The predicted molar refractivity (Wildman–Crippen MR) is 113 cm³/mol. The number of aryl methyl sites for hydroxylation is 1. The molecule has 0 radical (unpaired) electrons. The lowest BCUT2D eigenvalue weighted by molar-refractivity contribution is -0.120. The second kappa shape index (κ2) is 7.24. The van der Waals surface area contributed by atoms with Crippen molar-refractivity contribution in [3.63, 3.8) is 0 Å². The zero-order valence-corrected chi connectivity index (χ0v) is 16.7. The molecule has 1 saturated heterocycles. The number of primary amides is 1. The number of carbonyl (C=O) groups is 2. The molecule has 31 heavy (non-hydrogen) atoms. The maximum atomic E-state index is 11.9. The first-order valence-electron chi connectivity index (χ1n) is 9.73. The molecule has 0 aliphatic carbocycles. The fraction of sp³-hybridized carbons (Fsp3) is 0.190. The molecule has 5 rings (SSSR count). The molecule has 1 aliphatic rings. The highest BCUT2D eigenvalue weighted by Gasteiger charge is 2.25. The highest BCUT2D eigenvalue weighted by molar-refractivity contribution is 5.97. The number of rotatable bonds is 4. The summed E-state index contributed by atoms with van der Waals surface area (Å²) in [6, 6.07) is 9.56. The zero-order chi connectivity index (χ0) is 21.5. The topological polar surface area (TPSA) is 132 Å². The van der Waals surface area contributed by atoms with Crippen molar-refractivity contribution in [3.05, 3.63) is 54.0 Å². The molecule has 4 heterocycles. The third-order valence-corrected chi connectivity index (χ3v) is 5.06. The number of anilines is 1. The number of furan rings is 1. The molecule has 2 amide bonds. The Balaban J connectivity index is 1.62. The van der Waals surface area contributed by atoms with Crippen molar-refractivity contribution in [3.8, 4) is 17.1 Å². The van der Waals surface area contributed by atoms with Gasteiger partial charge in [0.15, 0.2) is 17.2 Å². The molecular weight excluding hydrogens is 398 g/mol. The Hall–Kier alpha value is -4.21. The Morgan fingerprint density at radius 2 is 2.10 bits per heavy atom. The van der Waals surface area contributed by atoms with Crippen LogP contribution in [-0.2, 0) is 4.79 Å². The minimum Gasteiger partial charge on any atom is -0.445 e. The van der Waals surface area contributed by atoms with Crippen molar-refractivity contribution < 1.29 is 14.0 Å². The molecule has 0 spiro atoms. The van der Waals surface area contributed by atoms with Gasteiger partial charge in [-0.2, -0.15) is 10.1 Å². The fourth-order valence-corrected chi connectivity index (χ4v) is 3.57. The summed E-state index contributed by atoms with van der Waals surface area (Å²) in [5, 5.41) is 7.19. The molecule has 156 valence electrons. The van der Waals surface area contributed by atoms with E-state index in [1.807, 2.05) is 31.3 Å². The summed E-state index contributed by atoms with van der Waals surface area (Å²) in [5.41, 5.74) is 9.18. The number of hydrogen-bond donors (Lipinski definition) is 2. The van der Waals surface area contributed by atoms with E-state index in [0.29, 0.717) is 36.0 Å². The second-order valence-electron chi connectivity index (χ2n) is 7.35. The van der Waals surface area contributed by atoms with Crippen LogP contribution in [0.2, 0.25) is 0 Å². The van der Waals surface area contributed by atoms with Gasteiger partial charge in [0.05, 0.1) is 12.7 Å². The van der Waals surface area contributed by atoms with E-state index in [9.17, 15) is 9.59 Å². The maximum absolute atomic E-state index is 11.9. The van der Waals surface area contributed by atoms with E-state index in [4.69, 9.17) is 10.2 Å². The molecule has 3 N–H and O–H groups in total. The number of fused-ring (bicyclic) bond motifs is 1. The lowest BCUT2D eigenvalue weighted by atomic mass is 10.1. The van der Waals surface area contributed by atoms with E-state index in [1.54, 1.807) is 15.8 Å². The normalized spacial score (nSPS) is 14.1. The van der Waals surface area contributed by atoms with Crippen molar-refractivity contribution in [1.29, 1.82) is 0 Å². The SMILES string of the molecule is Cc1cccc(-c2cnn(-c3nc(N4CCNC(=O)C4)c4oc(C(N)=O)cc4n3)c2)c1. The number of nitrogens with two attached hydrogens (primary N) is 1. The van der Waals surface area contributed by atoms with Gasteiger partial charge in [0, 0.05) is 30.9 Å². The Labute approximate surface area is 176 Å². The Morgan fingerprint density at radius 1 is 1.23 bits per heavy atom. The van der Waals surface area contributed by atoms with Gasteiger partial charge >= 0.3 is 0 Å². The van der Waals surface area contributed by atoms with Gasteiger partial charge in [-0.1, -0.05) is 29.8 Å². The Morgan fingerprint density at radius 3 is 2.87 bits per heavy atom. The molecule has 10 nitrogen and oxygen atoms in total. The number of nitrogens with zero attached hydrogens (tertiary/aromatic N) is 5. The van der Waals surface area contributed by atoms with Crippen molar-refractivity contribution in [2.75, 3.05) is 24.5 Å². The molecule has 0 saturated carbocycles. The second-order valence-corrected chi connectivity index (χ2v) is 7.35. The quantitative estimate of drug-likeness (QED) is 0.513. The third kappa shape index (κ3) is 3.48. The van der Waals surface area contributed by atoms with Gasteiger partial charge in [-0.25, -0.2) is 9.67 Å². The number of benzene rings is 1. The zero-order valence-electron chi connectivity index (χ0n) is 16.7. The van der Waals surface area contributed by atoms with Crippen LogP contribution in [0.15, 0.2) is 47.1 Å². The van der Waals surface area contributed by atoms with Gasteiger partial charge in [-0.05, 0) is 12.5 Å². The molecule has 1 aliphatic heterocycles. The molecule has 1 fully saturated rings. The summed E-state index contributed by atoms with van der Waals surface area (Å²) in [6.45, 7) is 3.16. The summed E-state index contributed by atoms with van der Waals surface area (Å²) in [4.78, 5) is 34.5. The van der Waals surface area contributed by atoms with E-state index < -0.39 is 5.91 Å². The number of amides is 2. The molecule has 3 aromatic heterocycles. The smallest absolute Gasteiger partial charge is 0.284 e. The first kappa shape index (κ1) is 18.8. The van der Waals surface area contributed by atoms with Crippen LogP contribution in [0.1, 0.15) is 16.1 Å². The van der Waals surface area contributed by atoms with E-state index in [-0.39, 0.29) is 18.2 Å². The standard InChI is InChI=1S/C21H19N7O3/c1-12-3-2-4-13(7-12)14-9-24-28(10-14)21-25-15-8-16(19(22)30)31-18(15)20(26-21)27-6-5-23-17(29)11-27/h2-4,7-10H,5-6,11H2,1H3,(H2,22,30)(H,23,29). The maximum Gasteiger partial charge on any atom is 0.284 e. The monoisotopic (exact) mass is 417 g/mol. The molecule has 0 unspecified atom stereocenters. The van der Waals surface area contributed by atoms with Crippen LogP contribution in [0, 0.1) is 6.92 Å². The number of aromatic nitrogens is 4. The lowest BCUT2D eigenvalue weighted by Crippen LogP contribution is -2.48. The molecule has 1 aromatic carbocycles. The van der Waals surface area contributed by atoms with Crippen LogP contribution in [0.3, 0.4) is 0 Å². The average molecular weight is 417 g/mol. The van der Waals surface area contributed by atoms with Crippen LogP contribution < -0.4 is 16.0 Å². The number of piperazine rings is 1. The highest BCUT2D eigenvalue weighted by atomic mass is 16.3. The summed E-state index contributed by atoms with van der Waals surface area (Å²) >= 11 is 0. The Kier molecular flexibility index (Phi) is 4.39. The predicted octanol–water partition coefficient (Wildman–Crippen LogP) is 1.42. The van der Waals surface area contributed by atoms with Crippen LogP contribution in [0.5, 0.6) is 0 Å². The number of hydrogen-bond acceptors (Lipinski definition) is 7. The molecule has 10 heteroatoms. The van der Waals surface area contributed by atoms with E-state index in [0.717, 1.165) is 16.7 Å². The lowest BCUT2D eigenvalue weighted by Gasteiger charge is -2.27. The van der Waals surface area contributed by atoms with E-state index >= 15 is 0 Å². The summed E-state index contributed by atoms with van der Waals surface area (Å²) in [7, 11) is 0. The summed E-state index contributed by atoms with van der Waals surface area (Å²) in [6.07, 6.45) is 3.57. The molecular formula is C21H19N7O3. The van der Waals surface area contributed by atoms with E-state index in [1.165, 1.54) is 6.07 Å². The molecule has 0 bridgehead atoms. The summed E-state index contributed by atoms with van der Waals surface area (Å²) in [5.74, 6) is -0.144. The first-order valence-corrected chi connectivity index (χ1v) is 9.73. The number of nitrogens with one attached hydrogen (secondary N) is 1. The minimum absolute atomic E-state index is 0.0231. The van der Waals surface area contributed by atoms with Gasteiger partial charge in [0.2, 0.25) is 5.91 Å². The van der Waals surface area contributed by atoms with Crippen molar-refractivity contribution in [2.45, 2.75) is 6.92 Å². The van der Waals surface area contributed by atoms with Crippen LogP contribution in [-0.4, -0.2) is 51.2 Å². The van der Waals surface area contributed by atoms with Crippen LogP contribution in [0.25, 0.3) is 28.2 Å². The van der Waals surface area contributed by atoms with Crippen LogP contribution >= 0.6 is 0 Å². The minimum atomic E-state index is -0.706. The average Bonchev–Trinajstić information content (AvgIpc) is 3.40.